The van der Waals surface area contributed by atoms with Crippen molar-refractivity contribution in [1.29, 1.82) is 0 Å². The van der Waals surface area contributed by atoms with E-state index in [2.05, 4.69) is 103 Å². The van der Waals surface area contributed by atoms with Gasteiger partial charge >= 0.3 is 37.7 Å². The normalized spacial score (nSPS) is 11.9. The third kappa shape index (κ3) is 4.22. The molecule has 3 heteroatoms. The summed E-state index contributed by atoms with van der Waals surface area (Å²) in [5.74, 6) is 1.07. The molecule has 0 aliphatic rings. The van der Waals surface area contributed by atoms with Crippen LogP contribution in [0.25, 0.3) is 21.5 Å². The molecule has 152 valence electrons. The Bertz CT molecular complexity index is 1110. The van der Waals surface area contributed by atoms with Crippen molar-refractivity contribution >= 4 is 40.0 Å². The maximum atomic E-state index is 2.57. The Morgan fingerprint density at radius 1 is 0.645 bits per heavy atom. The number of rotatable bonds is 4. The summed E-state index contributed by atoms with van der Waals surface area (Å²) in [6, 6.07) is 18.6. The zero-order valence-electron chi connectivity index (χ0n) is 21.3. The molecule has 0 N–H and O–H groups in total. The molecule has 0 saturated heterocycles. The summed E-state index contributed by atoms with van der Waals surface area (Å²) in [6.45, 7) is 19.1. The van der Waals surface area contributed by atoms with E-state index >= 15 is 0 Å². The van der Waals surface area contributed by atoms with E-state index in [9.17, 15) is 0 Å². The van der Waals surface area contributed by atoms with Gasteiger partial charge in [-0.05, 0) is 11.8 Å². The number of hydrogen-bond donors (Lipinski definition) is 0. The van der Waals surface area contributed by atoms with Crippen LogP contribution in [-0.2, 0) is 0 Å². The van der Waals surface area contributed by atoms with Gasteiger partial charge in [-0.2, -0.15) is 10.4 Å². The van der Waals surface area contributed by atoms with Crippen LogP contribution in [0, 0.1) is 13.8 Å². The van der Waals surface area contributed by atoms with Gasteiger partial charge in [-0.25, -0.2) is 0 Å². The Hall–Kier alpha value is -0.928. The van der Waals surface area contributed by atoms with E-state index in [1.54, 1.807) is 10.4 Å². The maximum absolute atomic E-state index is 2.57. The molecule has 31 heavy (non-hydrogen) atoms. The van der Waals surface area contributed by atoms with Crippen molar-refractivity contribution in [3.8, 4) is 0 Å². The van der Waals surface area contributed by atoms with Crippen LogP contribution in [0.3, 0.4) is 0 Å². The molecule has 0 aliphatic carbocycles. The van der Waals surface area contributed by atoms with Gasteiger partial charge in [0, 0.05) is 8.07 Å². The molecule has 4 rings (SSSR count). The van der Waals surface area contributed by atoms with Crippen LogP contribution in [0.1, 0.15) is 61.8 Å². The Labute approximate surface area is 213 Å². The first-order valence-corrected chi connectivity index (χ1v) is 14.0. The van der Waals surface area contributed by atoms with E-state index in [-0.39, 0.29) is 37.7 Å². The summed E-state index contributed by atoms with van der Waals surface area (Å²) in [6.07, 6.45) is 0. The van der Waals surface area contributed by atoms with Crippen molar-refractivity contribution in [2.24, 2.45) is 0 Å². The summed E-state index contributed by atoms with van der Waals surface area (Å²) >= 11 is 0. The Balaban J connectivity index is 0.00000171. The van der Waals surface area contributed by atoms with Crippen LogP contribution < -0.4 is 48.1 Å². The predicted octanol–water partition coefficient (Wildman–Crippen LogP) is 1.13. The van der Waals surface area contributed by atoms with E-state index in [0.29, 0.717) is 11.8 Å². The van der Waals surface area contributed by atoms with E-state index in [0.717, 1.165) is 0 Å². The molecule has 4 aromatic carbocycles. The first-order valence-electron chi connectivity index (χ1n) is 11.0. The van der Waals surface area contributed by atoms with Gasteiger partial charge in [0.15, 0.2) is 0 Å². The van der Waals surface area contributed by atoms with Crippen molar-refractivity contribution in [3.63, 3.8) is 0 Å². The van der Waals surface area contributed by atoms with Crippen LogP contribution in [0.4, 0.5) is 0 Å². The van der Waals surface area contributed by atoms with Gasteiger partial charge in [0.2, 0.25) is 0 Å². The van der Waals surface area contributed by atoms with Crippen molar-refractivity contribution in [2.75, 3.05) is 0 Å². The summed E-state index contributed by atoms with van der Waals surface area (Å²) in [5.41, 5.74) is 5.95. The second-order valence-electron chi connectivity index (χ2n) is 9.96. The zero-order valence-corrected chi connectivity index (χ0v) is 22.3. The molecule has 0 unspecified atom stereocenters. The molecule has 0 spiro atoms. The minimum Gasteiger partial charge on any atom is -0.158 e. The molecule has 0 bridgehead atoms. The zero-order chi connectivity index (χ0) is 21.1. The fourth-order valence-electron chi connectivity index (χ4n) is 5.70. The van der Waals surface area contributed by atoms with Gasteiger partial charge < -0.3 is 0 Å². The smallest absolute Gasteiger partial charge is 0.158 e. The Morgan fingerprint density at radius 2 is 1.00 bits per heavy atom. The molecule has 4 aromatic rings. The molecule has 0 aliphatic heterocycles. The van der Waals surface area contributed by atoms with Crippen LogP contribution >= 0.6 is 0 Å². The summed E-state index contributed by atoms with van der Waals surface area (Å²) in [5, 5.41) is 9.19. The fraction of sp³-hybridized carbons (Fsp3) is 0.357. The van der Waals surface area contributed by atoms with Gasteiger partial charge in [0.25, 0.3) is 0 Å². The number of aryl methyl sites for hydroxylation is 2. The minimum atomic E-state index is -1.92. The monoisotopic (exact) mass is 412 g/mol. The third-order valence-electron chi connectivity index (χ3n) is 6.78. The molecular formula is C28H34Li2Si. The van der Waals surface area contributed by atoms with Gasteiger partial charge in [-0.15, -0.1) is 69.1 Å². The number of fused-ring (bicyclic) bond motifs is 2. The van der Waals surface area contributed by atoms with Crippen molar-refractivity contribution in [1.82, 2.24) is 0 Å². The van der Waals surface area contributed by atoms with Crippen LogP contribution in [0.2, 0.25) is 13.1 Å². The third-order valence-corrected chi connectivity index (χ3v) is 10.6. The molecule has 0 atom stereocenters. The predicted molar refractivity (Wildman–Crippen MR) is 133 cm³/mol. The summed E-state index contributed by atoms with van der Waals surface area (Å²) in [4.78, 5) is 0. The second-order valence-corrected chi connectivity index (χ2v) is 14.2. The van der Waals surface area contributed by atoms with Crippen LogP contribution in [0.5, 0.6) is 0 Å². The SMILES string of the molecule is Cc1[cH-]c2cccc(C(C)C)c2c1[Si](C)(C)c1c(C)[cH-]c2cccc(C(C)C)c12.[Li+].[Li+]. The van der Waals surface area contributed by atoms with E-state index in [1.807, 2.05) is 0 Å². The molecular weight excluding hydrogens is 378 g/mol. The first-order chi connectivity index (χ1) is 13.6. The largest absolute Gasteiger partial charge is 1.00 e. The van der Waals surface area contributed by atoms with Crippen molar-refractivity contribution in [2.45, 2.75) is 66.5 Å². The number of benzene rings is 2. The molecule has 0 radical (unpaired) electrons. The quantitative estimate of drug-likeness (QED) is 0.348. The molecule has 0 aromatic heterocycles. The Kier molecular flexibility index (Phi) is 8.08. The van der Waals surface area contributed by atoms with Gasteiger partial charge in [0.05, 0.1) is 0 Å². The fourth-order valence-corrected chi connectivity index (χ4v) is 9.89. The van der Waals surface area contributed by atoms with E-state index in [4.69, 9.17) is 0 Å². The van der Waals surface area contributed by atoms with Crippen LogP contribution in [0.15, 0.2) is 48.5 Å². The van der Waals surface area contributed by atoms with Crippen molar-refractivity contribution in [3.05, 3.63) is 70.8 Å². The first kappa shape index (κ1) is 26.3. The Morgan fingerprint density at radius 3 is 1.32 bits per heavy atom. The van der Waals surface area contributed by atoms with Crippen LogP contribution in [-0.4, -0.2) is 8.07 Å². The van der Waals surface area contributed by atoms with E-state index in [1.165, 1.54) is 43.8 Å². The molecule has 0 heterocycles. The van der Waals surface area contributed by atoms with Gasteiger partial charge in [-0.1, -0.05) is 77.9 Å². The molecule has 0 saturated carbocycles. The maximum Gasteiger partial charge on any atom is 1.00 e. The average Bonchev–Trinajstić information content (AvgIpc) is 3.16. The van der Waals surface area contributed by atoms with E-state index < -0.39 is 8.07 Å². The summed E-state index contributed by atoms with van der Waals surface area (Å²) < 4.78 is 0. The number of hydrogen-bond acceptors (Lipinski definition) is 0. The topological polar surface area (TPSA) is 0 Å². The standard InChI is InChI=1S/C28H34Si.2Li/c1-17(2)23-13-9-11-21-15-19(5)27(25(21)23)29(7,8)28-20(6)16-22-12-10-14-24(18(3)4)26(22)28;;/h9-18H,1-8H3;;/q-2;2*+1. The van der Waals surface area contributed by atoms with Crippen molar-refractivity contribution < 1.29 is 37.7 Å². The van der Waals surface area contributed by atoms with Gasteiger partial charge in [0.1, 0.15) is 0 Å². The average molecular weight is 413 g/mol. The summed E-state index contributed by atoms with van der Waals surface area (Å²) in [7, 11) is -1.92. The second kappa shape index (κ2) is 9.51. The van der Waals surface area contributed by atoms with Gasteiger partial charge in [-0.3, -0.25) is 0 Å². The molecule has 0 nitrogen and oxygen atoms in total. The molecule has 0 amide bonds. The molecule has 0 fully saturated rings. The minimum absolute atomic E-state index is 0.